The van der Waals surface area contributed by atoms with E-state index < -0.39 is 5.82 Å². The molecule has 2 aromatic heterocycles. The summed E-state index contributed by atoms with van der Waals surface area (Å²) in [6, 6.07) is 7.79. The normalized spacial score (nSPS) is 15.9. The highest BCUT2D eigenvalue weighted by Crippen LogP contribution is 2.36. The molecule has 36 heavy (non-hydrogen) atoms. The Hall–Kier alpha value is -1.75. The van der Waals surface area contributed by atoms with Crippen molar-refractivity contribution in [2.75, 3.05) is 51.6 Å². The number of aromatic nitrogens is 2. The summed E-state index contributed by atoms with van der Waals surface area (Å²) >= 11 is 1.44. The second-order valence-electron chi connectivity index (χ2n) is 8.89. The van der Waals surface area contributed by atoms with Gasteiger partial charge in [-0.25, -0.2) is 14.4 Å². The van der Waals surface area contributed by atoms with Gasteiger partial charge in [0, 0.05) is 54.4 Å². The lowest BCUT2D eigenvalue weighted by molar-refractivity contribution is 0.0952. The van der Waals surface area contributed by atoms with Crippen molar-refractivity contribution in [3.63, 3.8) is 0 Å². The SMILES string of the molecule is CN1CCN(CCCNc2ncc(F)c(-c3cc4c(C(=O)NC5CC5)cccc4s3)n2)CC1.Cl.Cl.Cl. The highest BCUT2D eigenvalue weighted by Gasteiger charge is 2.25. The largest absolute Gasteiger partial charge is 0.354 e. The topological polar surface area (TPSA) is 73.4 Å². The fourth-order valence-corrected chi connectivity index (χ4v) is 5.14. The lowest BCUT2D eigenvalue weighted by Gasteiger charge is -2.32. The van der Waals surface area contributed by atoms with Gasteiger partial charge in [0.1, 0.15) is 5.69 Å². The van der Waals surface area contributed by atoms with Crippen LogP contribution in [0, 0.1) is 5.82 Å². The number of anilines is 1. The molecule has 1 amide bonds. The minimum Gasteiger partial charge on any atom is -0.354 e. The number of likely N-dealkylation sites (N-methyl/N-ethyl adjacent to an activating group) is 1. The molecule has 12 heteroatoms. The molecular weight excluding hydrogens is 546 g/mol. The summed E-state index contributed by atoms with van der Waals surface area (Å²) in [5.41, 5.74) is 0.889. The van der Waals surface area contributed by atoms with Gasteiger partial charge < -0.3 is 20.4 Å². The van der Waals surface area contributed by atoms with E-state index in [4.69, 9.17) is 0 Å². The molecule has 2 aliphatic rings. The van der Waals surface area contributed by atoms with E-state index >= 15 is 0 Å². The molecule has 0 radical (unpaired) electrons. The average Bonchev–Trinajstić information content (AvgIpc) is 3.52. The first-order chi connectivity index (χ1) is 16.1. The number of nitrogens with zero attached hydrogens (tertiary/aromatic N) is 4. The van der Waals surface area contributed by atoms with Gasteiger partial charge in [0.2, 0.25) is 5.95 Å². The lowest BCUT2D eigenvalue weighted by atomic mass is 10.1. The number of hydrogen-bond donors (Lipinski definition) is 2. The Kier molecular flexibility index (Phi) is 11.6. The van der Waals surface area contributed by atoms with Gasteiger partial charge in [-0.2, -0.15) is 0 Å². The van der Waals surface area contributed by atoms with Crippen LogP contribution in [0.25, 0.3) is 20.7 Å². The number of piperazine rings is 1. The van der Waals surface area contributed by atoms with Gasteiger partial charge in [0.05, 0.1) is 11.1 Å². The number of fused-ring (bicyclic) bond motifs is 1. The Balaban J connectivity index is 0.00000152. The van der Waals surface area contributed by atoms with E-state index in [1.165, 1.54) is 17.5 Å². The van der Waals surface area contributed by atoms with E-state index in [1.807, 2.05) is 24.3 Å². The van der Waals surface area contributed by atoms with Gasteiger partial charge in [-0.1, -0.05) is 6.07 Å². The first-order valence-corrected chi connectivity index (χ1v) is 12.4. The number of amides is 1. The quantitative estimate of drug-likeness (QED) is 0.378. The summed E-state index contributed by atoms with van der Waals surface area (Å²) in [6.07, 6.45) is 4.26. The fraction of sp³-hybridized carbons (Fsp3) is 0.458. The van der Waals surface area contributed by atoms with E-state index in [9.17, 15) is 9.18 Å². The van der Waals surface area contributed by atoms with E-state index in [0.29, 0.717) is 16.4 Å². The molecule has 7 nitrogen and oxygen atoms in total. The predicted octanol–water partition coefficient (Wildman–Crippen LogP) is 4.70. The van der Waals surface area contributed by atoms with Crippen LogP contribution in [-0.4, -0.2) is 78.0 Å². The third kappa shape index (κ3) is 7.40. The van der Waals surface area contributed by atoms with Crippen molar-refractivity contribution < 1.29 is 9.18 Å². The third-order valence-corrected chi connectivity index (χ3v) is 7.33. The van der Waals surface area contributed by atoms with Crippen molar-refractivity contribution >= 4 is 70.5 Å². The van der Waals surface area contributed by atoms with Gasteiger partial charge in [-0.05, 0) is 51.1 Å². The van der Waals surface area contributed by atoms with Crippen LogP contribution in [0.1, 0.15) is 29.6 Å². The predicted molar refractivity (Wildman–Crippen MR) is 152 cm³/mol. The molecule has 198 valence electrons. The van der Waals surface area contributed by atoms with Crippen LogP contribution in [0.3, 0.4) is 0 Å². The van der Waals surface area contributed by atoms with Gasteiger partial charge in [0.25, 0.3) is 5.91 Å². The summed E-state index contributed by atoms with van der Waals surface area (Å²) in [4.78, 5) is 26.7. The van der Waals surface area contributed by atoms with Crippen molar-refractivity contribution in [2.45, 2.75) is 25.3 Å². The van der Waals surface area contributed by atoms with E-state index in [2.05, 4.69) is 37.4 Å². The molecule has 1 saturated heterocycles. The third-order valence-electron chi connectivity index (χ3n) is 6.23. The Morgan fingerprint density at radius 1 is 1.17 bits per heavy atom. The maximum atomic E-state index is 14.6. The summed E-state index contributed by atoms with van der Waals surface area (Å²) < 4.78 is 15.6. The van der Waals surface area contributed by atoms with Crippen molar-refractivity contribution in [3.8, 4) is 10.6 Å². The van der Waals surface area contributed by atoms with Crippen LogP contribution in [-0.2, 0) is 0 Å². The molecule has 0 unspecified atom stereocenters. The Morgan fingerprint density at radius 2 is 1.92 bits per heavy atom. The van der Waals surface area contributed by atoms with Crippen molar-refractivity contribution in [3.05, 3.63) is 41.8 Å². The first-order valence-electron chi connectivity index (χ1n) is 11.6. The number of rotatable bonds is 8. The highest BCUT2D eigenvalue weighted by atomic mass is 35.5. The molecule has 1 aliphatic carbocycles. The molecule has 1 aromatic carbocycles. The van der Waals surface area contributed by atoms with Crippen LogP contribution in [0.2, 0.25) is 0 Å². The molecule has 2 N–H and O–H groups in total. The number of carbonyl (C=O) groups excluding carboxylic acids is 1. The number of carbonyl (C=O) groups is 1. The Labute approximate surface area is 233 Å². The van der Waals surface area contributed by atoms with Crippen LogP contribution in [0.5, 0.6) is 0 Å². The summed E-state index contributed by atoms with van der Waals surface area (Å²) in [5, 5.41) is 7.10. The summed E-state index contributed by atoms with van der Waals surface area (Å²) in [5.74, 6) is -0.110. The van der Waals surface area contributed by atoms with Gasteiger partial charge in [0.15, 0.2) is 5.82 Å². The van der Waals surface area contributed by atoms with E-state index in [1.54, 1.807) is 0 Å². The van der Waals surface area contributed by atoms with Crippen molar-refractivity contribution in [1.29, 1.82) is 0 Å². The molecule has 0 atom stereocenters. The van der Waals surface area contributed by atoms with E-state index in [-0.39, 0.29) is 54.9 Å². The molecule has 0 spiro atoms. The maximum Gasteiger partial charge on any atom is 0.252 e. The second kappa shape index (κ2) is 13.7. The minimum absolute atomic E-state index is 0. The number of thiophene rings is 1. The van der Waals surface area contributed by atoms with Crippen molar-refractivity contribution in [2.24, 2.45) is 0 Å². The van der Waals surface area contributed by atoms with Gasteiger partial charge in [-0.3, -0.25) is 4.79 Å². The van der Waals surface area contributed by atoms with Crippen LogP contribution < -0.4 is 10.6 Å². The Bertz CT molecular complexity index is 1150. The maximum absolute atomic E-state index is 14.6. The zero-order valence-electron chi connectivity index (χ0n) is 20.0. The minimum atomic E-state index is -0.464. The van der Waals surface area contributed by atoms with Crippen LogP contribution in [0.15, 0.2) is 30.5 Å². The number of hydrogen-bond acceptors (Lipinski definition) is 7. The highest BCUT2D eigenvalue weighted by molar-refractivity contribution is 7.22. The molecule has 2 fully saturated rings. The molecule has 3 aromatic rings. The first kappa shape index (κ1) is 30.5. The van der Waals surface area contributed by atoms with Crippen LogP contribution in [0.4, 0.5) is 10.3 Å². The fourth-order valence-electron chi connectivity index (χ4n) is 4.07. The zero-order valence-corrected chi connectivity index (χ0v) is 23.3. The molecule has 1 aliphatic heterocycles. The summed E-state index contributed by atoms with van der Waals surface area (Å²) in [6.45, 7) is 6.17. The monoisotopic (exact) mass is 576 g/mol. The Morgan fingerprint density at radius 3 is 2.64 bits per heavy atom. The van der Waals surface area contributed by atoms with Gasteiger partial charge in [-0.15, -0.1) is 48.6 Å². The molecule has 1 saturated carbocycles. The number of nitrogens with one attached hydrogen (secondary N) is 2. The smallest absolute Gasteiger partial charge is 0.252 e. The number of halogens is 4. The molecule has 3 heterocycles. The standard InChI is InChI=1S/C24H29FN6OS.3ClH/c1-30-10-12-31(13-11-30)9-3-8-26-24-27-15-19(25)22(29-24)21-14-18-17(4-2-5-20(18)33-21)23(32)28-16-6-7-16;;;/h2,4-5,14-16H,3,6-13H2,1H3,(H,28,32)(H,26,27,29);3*1H. The van der Waals surface area contributed by atoms with Gasteiger partial charge >= 0.3 is 0 Å². The second-order valence-corrected chi connectivity index (χ2v) is 9.97. The molecule has 5 rings (SSSR count). The number of benzene rings is 1. The average molecular weight is 578 g/mol. The van der Waals surface area contributed by atoms with Crippen molar-refractivity contribution in [1.82, 2.24) is 25.1 Å². The lowest BCUT2D eigenvalue weighted by Crippen LogP contribution is -2.44. The zero-order chi connectivity index (χ0) is 22.8. The van der Waals surface area contributed by atoms with Crippen LogP contribution >= 0.6 is 48.6 Å². The molecular formula is C24H32Cl3FN6OS. The van der Waals surface area contributed by atoms with E-state index in [0.717, 1.165) is 68.6 Å². The molecule has 0 bridgehead atoms. The summed E-state index contributed by atoms with van der Waals surface area (Å²) in [7, 11) is 2.16.